The van der Waals surface area contributed by atoms with Gasteiger partial charge in [-0.2, -0.15) is 0 Å². The smallest absolute Gasteiger partial charge is 0.332 e. The molecule has 12 heavy (non-hydrogen) atoms. The SMILES string of the molecule is CCOC(=O)/C=C1\NC(=O)[C@@H]1Cl. The highest BCUT2D eigenvalue weighted by Crippen LogP contribution is 2.16. The number of ether oxygens (including phenoxy) is 1. The van der Waals surface area contributed by atoms with Gasteiger partial charge in [0.2, 0.25) is 5.91 Å². The lowest BCUT2D eigenvalue weighted by molar-refractivity contribution is -0.137. The quantitative estimate of drug-likeness (QED) is 0.292. The van der Waals surface area contributed by atoms with Crippen LogP contribution in [-0.4, -0.2) is 23.9 Å². The van der Waals surface area contributed by atoms with Crippen molar-refractivity contribution < 1.29 is 14.3 Å². The predicted molar refractivity (Wildman–Crippen MR) is 42.5 cm³/mol. The van der Waals surface area contributed by atoms with E-state index in [0.717, 1.165) is 0 Å². The molecule has 0 spiro atoms. The first-order valence-corrected chi connectivity index (χ1v) is 3.92. The van der Waals surface area contributed by atoms with Gasteiger partial charge in [-0.05, 0) is 6.92 Å². The van der Waals surface area contributed by atoms with Gasteiger partial charge in [0.25, 0.3) is 0 Å². The summed E-state index contributed by atoms with van der Waals surface area (Å²) in [6.45, 7) is 2.01. The summed E-state index contributed by atoms with van der Waals surface area (Å²) in [5, 5.41) is 1.66. The number of rotatable bonds is 2. The fourth-order valence-electron chi connectivity index (χ4n) is 0.753. The highest BCUT2D eigenvalue weighted by atomic mass is 35.5. The second-order valence-electron chi connectivity index (χ2n) is 2.20. The number of carbonyl (C=O) groups is 2. The summed E-state index contributed by atoms with van der Waals surface area (Å²) >= 11 is 5.52. The van der Waals surface area contributed by atoms with Crippen molar-refractivity contribution in [2.45, 2.75) is 12.3 Å². The minimum absolute atomic E-state index is 0.285. The van der Waals surface area contributed by atoms with Gasteiger partial charge in [-0.3, -0.25) is 4.79 Å². The van der Waals surface area contributed by atoms with E-state index >= 15 is 0 Å². The fraction of sp³-hybridized carbons (Fsp3) is 0.429. The first kappa shape index (κ1) is 9.06. The van der Waals surface area contributed by atoms with E-state index in [0.29, 0.717) is 12.3 Å². The molecule has 0 aliphatic carbocycles. The molecule has 0 aromatic heterocycles. The topological polar surface area (TPSA) is 55.4 Å². The van der Waals surface area contributed by atoms with Gasteiger partial charge in [-0.25, -0.2) is 4.79 Å². The number of β-lactam (4-membered cyclic amide) rings is 1. The zero-order chi connectivity index (χ0) is 9.14. The maximum Gasteiger partial charge on any atom is 0.332 e. The van der Waals surface area contributed by atoms with Crippen molar-refractivity contribution >= 4 is 23.5 Å². The largest absolute Gasteiger partial charge is 0.463 e. The van der Waals surface area contributed by atoms with E-state index in [9.17, 15) is 9.59 Å². The van der Waals surface area contributed by atoms with Gasteiger partial charge in [-0.1, -0.05) is 0 Å². The van der Waals surface area contributed by atoms with Gasteiger partial charge in [0.1, 0.15) is 0 Å². The van der Waals surface area contributed by atoms with Gasteiger partial charge in [0.15, 0.2) is 5.38 Å². The van der Waals surface area contributed by atoms with Gasteiger partial charge in [0, 0.05) is 6.08 Å². The Morgan fingerprint density at radius 3 is 2.92 bits per heavy atom. The van der Waals surface area contributed by atoms with E-state index < -0.39 is 11.3 Å². The Kier molecular flexibility index (Phi) is 2.70. The minimum atomic E-state index is -0.714. The van der Waals surface area contributed by atoms with Crippen LogP contribution < -0.4 is 5.32 Å². The molecule has 66 valence electrons. The Hall–Kier alpha value is -1.03. The first-order chi connectivity index (χ1) is 5.65. The van der Waals surface area contributed by atoms with Crippen molar-refractivity contribution in [3.8, 4) is 0 Å². The second-order valence-corrected chi connectivity index (χ2v) is 2.64. The third-order valence-corrected chi connectivity index (χ3v) is 1.76. The van der Waals surface area contributed by atoms with Gasteiger partial charge >= 0.3 is 5.97 Å². The Balaban J connectivity index is 2.48. The number of hydrogen-bond donors (Lipinski definition) is 1. The zero-order valence-electron chi connectivity index (χ0n) is 6.46. The average Bonchev–Trinajstić information content (AvgIpc) is 2.04. The number of esters is 1. The lowest BCUT2D eigenvalue weighted by Crippen LogP contribution is -2.47. The lowest BCUT2D eigenvalue weighted by Gasteiger charge is -2.23. The molecule has 1 saturated heterocycles. The second kappa shape index (κ2) is 3.58. The molecule has 1 atom stereocenters. The highest BCUT2D eigenvalue weighted by Gasteiger charge is 2.32. The van der Waals surface area contributed by atoms with Crippen LogP contribution in [0.25, 0.3) is 0 Å². The van der Waals surface area contributed by atoms with Crippen LogP contribution in [0.15, 0.2) is 11.8 Å². The molecule has 5 heteroatoms. The molecule has 1 fully saturated rings. The molecule has 0 unspecified atom stereocenters. The van der Waals surface area contributed by atoms with Crippen LogP contribution in [0.4, 0.5) is 0 Å². The highest BCUT2D eigenvalue weighted by molar-refractivity contribution is 6.36. The number of alkyl halides is 1. The van der Waals surface area contributed by atoms with Crippen molar-refractivity contribution in [1.82, 2.24) is 5.32 Å². The normalized spacial score (nSPS) is 24.7. The molecule has 0 saturated carbocycles. The van der Waals surface area contributed by atoms with Gasteiger partial charge in [0.05, 0.1) is 12.3 Å². The minimum Gasteiger partial charge on any atom is -0.463 e. The summed E-state index contributed by atoms with van der Waals surface area (Å²) in [7, 11) is 0. The monoisotopic (exact) mass is 189 g/mol. The zero-order valence-corrected chi connectivity index (χ0v) is 7.22. The van der Waals surface area contributed by atoms with Crippen LogP contribution in [0.2, 0.25) is 0 Å². The van der Waals surface area contributed by atoms with Crippen LogP contribution in [0.5, 0.6) is 0 Å². The van der Waals surface area contributed by atoms with Crippen molar-refractivity contribution in [2.24, 2.45) is 0 Å². The Morgan fingerprint density at radius 2 is 2.50 bits per heavy atom. The molecule has 1 rings (SSSR count). The Bertz CT molecular complexity index is 249. The molecule has 0 aromatic carbocycles. The molecule has 4 nitrogen and oxygen atoms in total. The molecule has 0 aromatic rings. The summed E-state index contributed by atoms with van der Waals surface area (Å²) in [4.78, 5) is 21.3. The predicted octanol–water partition coefficient (Wildman–Crippen LogP) is 0.171. The summed E-state index contributed by atoms with van der Waals surface area (Å²) in [5.41, 5.74) is 0.403. The number of nitrogens with one attached hydrogen (secondary N) is 1. The van der Waals surface area contributed by atoms with Crippen LogP contribution in [-0.2, 0) is 14.3 Å². The van der Waals surface area contributed by atoms with Crippen molar-refractivity contribution in [3.63, 3.8) is 0 Å². The van der Waals surface area contributed by atoms with Crippen molar-refractivity contribution in [2.75, 3.05) is 6.61 Å². The van der Waals surface area contributed by atoms with E-state index in [4.69, 9.17) is 11.6 Å². The number of carbonyl (C=O) groups excluding carboxylic acids is 2. The standard InChI is InChI=1S/C7H8ClNO3/c1-2-12-5(10)3-4-6(8)7(11)9-4/h3,6H,2H2,1H3,(H,9,11)/b4-3-/t6-/m1/s1. The lowest BCUT2D eigenvalue weighted by atomic mass is 10.1. The first-order valence-electron chi connectivity index (χ1n) is 3.48. The maximum absolute atomic E-state index is 10.8. The van der Waals surface area contributed by atoms with Gasteiger partial charge < -0.3 is 10.1 Å². The third-order valence-electron chi connectivity index (χ3n) is 1.33. The number of halogens is 1. The maximum atomic E-state index is 10.8. The molecule has 1 N–H and O–H groups in total. The summed E-state index contributed by atoms with van der Waals surface area (Å²) in [5.74, 6) is -0.773. The van der Waals surface area contributed by atoms with E-state index in [2.05, 4.69) is 10.1 Å². The molecule has 1 heterocycles. The summed E-state index contributed by atoms with van der Waals surface area (Å²) in [6.07, 6.45) is 1.18. The molecular weight excluding hydrogens is 182 g/mol. The molecule has 1 aliphatic rings. The van der Waals surface area contributed by atoms with E-state index in [1.54, 1.807) is 6.92 Å². The van der Waals surface area contributed by atoms with Crippen LogP contribution in [0.1, 0.15) is 6.92 Å². The third kappa shape index (κ3) is 1.76. The van der Waals surface area contributed by atoms with Crippen LogP contribution in [0, 0.1) is 0 Å². The van der Waals surface area contributed by atoms with Crippen LogP contribution in [0.3, 0.4) is 0 Å². The molecule has 1 amide bonds. The molecule has 1 aliphatic heterocycles. The fourth-order valence-corrected chi connectivity index (χ4v) is 0.925. The molecule has 0 bridgehead atoms. The van der Waals surface area contributed by atoms with Gasteiger partial charge in [-0.15, -0.1) is 11.6 Å². The molecular formula is C7H8ClNO3. The van der Waals surface area contributed by atoms with E-state index in [1.807, 2.05) is 0 Å². The number of amides is 1. The van der Waals surface area contributed by atoms with E-state index in [-0.39, 0.29) is 5.91 Å². The van der Waals surface area contributed by atoms with Crippen molar-refractivity contribution in [3.05, 3.63) is 11.8 Å². The Morgan fingerprint density at radius 1 is 1.83 bits per heavy atom. The van der Waals surface area contributed by atoms with Crippen LogP contribution >= 0.6 is 11.6 Å². The summed E-state index contributed by atoms with van der Waals surface area (Å²) in [6, 6.07) is 0. The molecule has 0 radical (unpaired) electrons. The number of hydrogen-bond acceptors (Lipinski definition) is 3. The van der Waals surface area contributed by atoms with E-state index in [1.165, 1.54) is 6.08 Å². The van der Waals surface area contributed by atoms with Crippen molar-refractivity contribution in [1.29, 1.82) is 0 Å². The summed E-state index contributed by atoms with van der Waals surface area (Å²) < 4.78 is 4.61. The Labute approximate surface area is 74.5 Å². The average molecular weight is 190 g/mol.